The Bertz CT molecular complexity index is 1300. The molecule has 0 amide bonds. The molecule has 0 radical (unpaired) electrons. The van der Waals surface area contributed by atoms with E-state index in [2.05, 4.69) is 67.7 Å². The summed E-state index contributed by atoms with van der Waals surface area (Å²) in [7, 11) is -4.25. The summed E-state index contributed by atoms with van der Waals surface area (Å²) in [5.41, 5.74) is -0.803. The van der Waals surface area contributed by atoms with Crippen LogP contribution in [0.15, 0.2) is 46.1 Å². The molecule has 0 aliphatic carbocycles. The summed E-state index contributed by atoms with van der Waals surface area (Å²) in [5, 5.41) is 0.0147. The van der Waals surface area contributed by atoms with Crippen LogP contribution in [-0.4, -0.2) is 50.5 Å². The van der Waals surface area contributed by atoms with Crippen molar-refractivity contribution in [2.45, 2.75) is 110 Å². The Hall–Kier alpha value is -2.12. The highest BCUT2D eigenvalue weighted by Crippen LogP contribution is 2.42. The van der Waals surface area contributed by atoms with Crippen molar-refractivity contribution >= 4 is 22.5 Å². The topological polar surface area (TPSA) is 88.8 Å². The van der Waals surface area contributed by atoms with Gasteiger partial charge in [-0.3, -0.25) is 14.2 Å². The number of nitrogens with zero attached hydrogens (tertiary/aromatic N) is 2. The first-order valence-corrected chi connectivity index (χ1v) is 19.5. The molecule has 1 aliphatic rings. The van der Waals surface area contributed by atoms with Crippen LogP contribution in [0.1, 0.15) is 70.1 Å². The Morgan fingerprint density at radius 2 is 1.54 bits per heavy atom. The Morgan fingerprint density at radius 3 is 2.08 bits per heavy atom. The second kappa shape index (κ2) is 11.0. The average molecular weight is 575 g/mol. The summed E-state index contributed by atoms with van der Waals surface area (Å²) < 4.78 is 21.9. The molecule has 8 nitrogen and oxygen atoms in total. The molecule has 1 aromatic heterocycles. The summed E-state index contributed by atoms with van der Waals surface area (Å²) in [5.74, 6) is -0.659. The highest BCUT2D eigenvalue weighted by molar-refractivity contribution is 6.74. The van der Waals surface area contributed by atoms with Crippen molar-refractivity contribution in [3.63, 3.8) is 0 Å². The summed E-state index contributed by atoms with van der Waals surface area (Å²) in [4.78, 5) is 39.8. The van der Waals surface area contributed by atoms with E-state index in [1.54, 1.807) is 37.3 Å². The predicted octanol–water partition coefficient (Wildman–Crippen LogP) is 5.71. The standard InChI is InChI=1S/C29H46N2O6Si2/c1-20-18-30(27(34)31(25(20)32)26(33)21-15-13-12-14-16-21)24-17-22(37-39(10,11)29(5,6)7)23(36-24)19-35-38(8,9)28(2,3)4/h12-16,18,22-24H,17,19H2,1-11H3. The lowest BCUT2D eigenvalue weighted by atomic mass is 10.2. The lowest BCUT2D eigenvalue weighted by molar-refractivity contribution is -0.0415. The molecule has 3 unspecified atom stereocenters. The van der Waals surface area contributed by atoms with Crippen LogP contribution in [-0.2, 0) is 13.6 Å². The van der Waals surface area contributed by atoms with Gasteiger partial charge in [-0.2, -0.15) is 4.57 Å². The van der Waals surface area contributed by atoms with Gasteiger partial charge in [0.25, 0.3) is 11.5 Å². The van der Waals surface area contributed by atoms with Gasteiger partial charge >= 0.3 is 5.69 Å². The van der Waals surface area contributed by atoms with Gasteiger partial charge in [0.15, 0.2) is 16.6 Å². The first-order valence-electron chi connectivity index (χ1n) is 13.7. The van der Waals surface area contributed by atoms with Gasteiger partial charge in [-0.1, -0.05) is 59.7 Å². The molecular formula is C29H46N2O6Si2. The van der Waals surface area contributed by atoms with Crippen molar-refractivity contribution in [3.05, 3.63) is 68.5 Å². The van der Waals surface area contributed by atoms with Gasteiger partial charge in [0, 0.05) is 23.7 Å². The molecule has 3 rings (SSSR count). The van der Waals surface area contributed by atoms with Gasteiger partial charge in [0.05, 0.1) is 12.7 Å². The summed E-state index contributed by atoms with van der Waals surface area (Å²) in [6.07, 6.45) is 0.516. The molecule has 0 bridgehead atoms. The fourth-order valence-corrected chi connectivity index (χ4v) is 6.37. The SMILES string of the molecule is Cc1cn(C2CC(O[Si](C)(C)C(C)(C)C)C(CO[Si](C)(C)C(C)(C)C)O2)c(=O)n(C(=O)c2ccccc2)c1=O. The summed E-state index contributed by atoms with van der Waals surface area (Å²) in [6, 6.07) is 8.34. The number of benzene rings is 1. The van der Waals surface area contributed by atoms with Crippen molar-refractivity contribution in [1.29, 1.82) is 0 Å². The van der Waals surface area contributed by atoms with E-state index in [9.17, 15) is 14.4 Å². The third-order valence-electron chi connectivity index (χ3n) is 8.67. The molecule has 0 spiro atoms. The highest BCUT2D eigenvalue weighted by atomic mass is 28.4. The fourth-order valence-electron chi connectivity index (χ4n) is 4.00. The van der Waals surface area contributed by atoms with Crippen LogP contribution in [0.25, 0.3) is 0 Å². The minimum Gasteiger partial charge on any atom is -0.414 e. The Labute approximate surface area is 234 Å². The second-order valence-electron chi connectivity index (χ2n) is 13.7. The maximum atomic E-state index is 13.6. The van der Waals surface area contributed by atoms with E-state index in [0.717, 1.165) is 0 Å². The van der Waals surface area contributed by atoms with Crippen LogP contribution in [0.3, 0.4) is 0 Å². The van der Waals surface area contributed by atoms with Gasteiger partial charge in [-0.05, 0) is 55.3 Å². The van der Waals surface area contributed by atoms with Crippen molar-refractivity contribution in [3.8, 4) is 0 Å². The van der Waals surface area contributed by atoms with Crippen molar-refractivity contribution in [2.24, 2.45) is 0 Å². The number of aromatic nitrogens is 2. The van der Waals surface area contributed by atoms with Crippen LogP contribution in [0, 0.1) is 6.92 Å². The molecule has 3 atom stereocenters. The van der Waals surface area contributed by atoms with Gasteiger partial charge in [-0.15, -0.1) is 0 Å². The van der Waals surface area contributed by atoms with E-state index in [1.807, 2.05) is 0 Å². The van der Waals surface area contributed by atoms with Crippen molar-refractivity contribution < 1.29 is 18.4 Å². The maximum absolute atomic E-state index is 13.6. The number of aryl methyl sites for hydroxylation is 1. The lowest BCUT2D eigenvalue weighted by Crippen LogP contribution is -2.48. The van der Waals surface area contributed by atoms with Gasteiger partial charge in [0.1, 0.15) is 12.3 Å². The zero-order valence-corrected chi connectivity index (χ0v) is 27.5. The Kier molecular flexibility index (Phi) is 8.89. The number of hydrogen-bond donors (Lipinski definition) is 0. The van der Waals surface area contributed by atoms with E-state index in [0.29, 0.717) is 17.6 Å². The summed E-state index contributed by atoms with van der Waals surface area (Å²) >= 11 is 0. The molecule has 1 aromatic carbocycles. The average Bonchev–Trinajstić information content (AvgIpc) is 3.21. The molecule has 1 fully saturated rings. The van der Waals surface area contributed by atoms with E-state index in [1.165, 1.54) is 10.8 Å². The number of hydrogen-bond acceptors (Lipinski definition) is 6. The number of carbonyl (C=O) groups is 1. The van der Waals surface area contributed by atoms with Gasteiger partial charge < -0.3 is 13.6 Å². The number of ether oxygens (including phenoxy) is 1. The zero-order valence-electron chi connectivity index (χ0n) is 25.5. The molecule has 1 aliphatic heterocycles. The van der Waals surface area contributed by atoms with E-state index < -0.39 is 46.1 Å². The van der Waals surface area contributed by atoms with E-state index >= 15 is 0 Å². The van der Waals surface area contributed by atoms with Crippen LogP contribution in [0.2, 0.25) is 36.3 Å². The van der Waals surface area contributed by atoms with Gasteiger partial charge in [0.2, 0.25) is 0 Å². The second-order valence-corrected chi connectivity index (χ2v) is 23.2. The molecule has 10 heteroatoms. The van der Waals surface area contributed by atoms with Crippen LogP contribution < -0.4 is 11.2 Å². The molecular weight excluding hydrogens is 528 g/mol. The maximum Gasteiger partial charge on any atom is 0.340 e. The molecule has 0 saturated carbocycles. The molecule has 39 heavy (non-hydrogen) atoms. The molecule has 0 N–H and O–H groups in total. The smallest absolute Gasteiger partial charge is 0.340 e. The molecule has 1 saturated heterocycles. The number of carbonyl (C=O) groups excluding carboxylic acids is 1. The van der Waals surface area contributed by atoms with E-state index in [4.69, 9.17) is 13.6 Å². The highest BCUT2D eigenvalue weighted by Gasteiger charge is 2.47. The van der Waals surface area contributed by atoms with Gasteiger partial charge in [-0.25, -0.2) is 4.79 Å². The van der Waals surface area contributed by atoms with Crippen molar-refractivity contribution in [2.75, 3.05) is 6.61 Å². The van der Waals surface area contributed by atoms with Crippen LogP contribution >= 0.6 is 0 Å². The third-order valence-corrected chi connectivity index (χ3v) is 17.7. The minimum atomic E-state index is -2.18. The zero-order chi connectivity index (χ0) is 29.6. The minimum absolute atomic E-state index is 0.0152. The Balaban J connectivity index is 2.01. The van der Waals surface area contributed by atoms with Crippen LogP contribution in [0.5, 0.6) is 0 Å². The first kappa shape index (κ1) is 31.4. The molecule has 2 heterocycles. The lowest BCUT2D eigenvalue weighted by Gasteiger charge is -2.40. The fraction of sp³-hybridized carbons (Fsp3) is 0.621. The summed E-state index contributed by atoms with van der Waals surface area (Å²) in [6.45, 7) is 23.9. The van der Waals surface area contributed by atoms with Crippen LogP contribution in [0.4, 0.5) is 0 Å². The van der Waals surface area contributed by atoms with E-state index in [-0.39, 0.29) is 27.3 Å². The van der Waals surface area contributed by atoms with Crippen molar-refractivity contribution in [1.82, 2.24) is 9.13 Å². The normalized spacial score (nSPS) is 20.8. The molecule has 216 valence electrons. The first-order chi connectivity index (χ1) is 17.8. The Morgan fingerprint density at radius 1 is 0.974 bits per heavy atom. The largest absolute Gasteiger partial charge is 0.414 e. The predicted molar refractivity (Wildman–Crippen MR) is 160 cm³/mol. The number of rotatable bonds is 7. The molecule has 2 aromatic rings. The monoisotopic (exact) mass is 574 g/mol. The quantitative estimate of drug-likeness (QED) is 0.394. The third kappa shape index (κ3) is 6.62.